The molecule has 158 valence electrons. The Kier molecular flexibility index (Phi) is 5.92. The summed E-state index contributed by atoms with van der Waals surface area (Å²) in [5.41, 5.74) is 2.51. The number of carbonyl (C=O) groups excluding carboxylic acids is 1. The van der Waals surface area contributed by atoms with E-state index in [1.54, 1.807) is 31.3 Å². The minimum absolute atomic E-state index is 0.0688. The SMILES string of the molecule is CN(C1CCCCC1)S(=O)(=O)c1ccc(NC(=O)Cc2c[nH]c3ccccc23)cc1. The summed E-state index contributed by atoms with van der Waals surface area (Å²) >= 11 is 0. The van der Waals surface area contributed by atoms with Gasteiger partial charge >= 0.3 is 0 Å². The third kappa shape index (κ3) is 4.27. The lowest BCUT2D eigenvalue weighted by atomic mass is 9.96. The summed E-state index contributed by atoms with van der Waals surface area (Å²) < 4.78 is 27.4. The molecule has 6 nitrogen and oxygen atoms in total. The average molecular weight is 426 g/mol. The Morgan fingerprint density at radius 3 is 2.50 bits per heavy atom. The molecule has 0 aliphatic heterocycles. The average Bonchev–Trinajstić information content (AvgIpc) is 3.17. The van der Waals surface area contributed by atoms with Crippen molar-refractivity contribution in [2.75, 3.05) is 12.4 Å². The van der Waals surface area contributed by atoms with Gasteiger partial charge in [-0.1, -0.05) is 37.5 Å². The number of H-pyrrole nitrogens is 1. The van der Waals surface area contributed by atoms with Crippen LogP contribution in [0.25, 0.3) is 10.9 Å². The highest BCUT2D eigenvalue weighted by atomic mass is 32.2. The number of para-hydroxylation sites is 1. The van der Waals surface area contributed by atoms with Crippen molar-refractivity contribution in [3.8, 4) is 0 Å². The van der Waals surface area contributed by atoms with Crippen LogP contribution in [0.15, 0.2) is 59.6 Å². The highest BCUT2D eigenvalue weighted by Crippen LogP contribution is 2.27. The number of sulfonamides is 1. The monoisotopic (exact) mass is 425 g/mol. The van der Waals surface area contributed by atoms with E-state index in [1.165, 1.54) is 10.7 Å². The zero-order valence-corrected chi connectivity index (χ0v) is 17.9. The molecular formula is C23H27N3O3S. The quantitative estimate of drug-likeness (QED) is 0.618. The van der Waals surface area contributed by atoms with Gasteiger partial charge in [0.2, 0.25) is 15.9 Å². The number of aromatic nitrogens is 1. The minimum atomic E-state index is -3.53. The van der Waals surface area contributed by atoms with E-state index < -0.39 is 10.0 Å². The van der Waals surface area contributed by atoms with Crippen molar-refractivity contribution in [2.45, 2.75) is 49.5 Å². The van der Waals surface area contributed by atoms with Crippen LogP contribution >= 0.6 is 0 Å². The molecule has 1 aliphatic rings. The van der Waals surface area contributed by atoms with Gasteiger partial charge in [-0.15, -0.1) is 0 Å². The first-order valence-electron chi connectivity index (χ1n) is 10.4. The van der Waals surface area contributed by atoms with E-state index in [-0.39, 0.29) is 23.3 Å². The number of rotatable bonds is 6. The molecule has 7 heteroatoms. The van der Waals surface area contributed by atoms with Gasteiger partial charge in [0.25, 0.3) is 0 Å². The topological polar surface area (TPSA) is 82.3 Å². The second kappa shape index (κ2) is 8.62. The van der Waals surface area contributed by atoms with Gasteiger partial charge in [0.1, 0.15) is 0 Å². The van der Waals surface area contributed by atoms with Crippen LogP contribution in [0.5, 0.6) is 0 Å². The number of hydrogen-bond acceptors (Lipinski definition) is 3. The maximum Gasteiger partial charge on any atom is 0.243 e. The molecule has 0 saturated heterocycles. The Morgan fingerprint density at radius 2 is 1.77 bits per heavy atom. The molecule has 1 saturated carbocycles. The minimum Gasteiger partial charge on any atom is -0.361 e. The van der Waals surface area contributed by atoms with Crippen LogP contribution in [0.1, 0.15) is 37.7 Å². The third-order valence-electron chi connectivity index (χ3n) is 5.93. The number of nitrogens with one attached hydrogen (secondary N) is 2. The van der Waals surface area contributed by atoms with E-state index in [0.29, 0.717) is 5.69 Å². The summed E-state index contributed by atoms with van der Waals surface area (Å²) in [7, 11) is -1.86. The van der Waals surface area contributed by atoms with Crippen LogP contribution in [0, 0.1) is 0 Å². The van der Waals surface area contributed by atoms with Crippen molar-refractivity contribution in [3.05, 3.63) is 60.3 Å². The lowest BCUT2D eigenvalue weighted by Gasteiger charge is -2.30. The second-order valence-electron chi connectivity index (χ2n) is 7.92. The van der Waals surface area contributed by atoms with Crippen LogP contribution in [0.4, 0.5) is 5.69 Å². The number of carbonyl (C=O) groups is 1. The lowest BCUT2D eigenvalue weighted by molar-refractivity contribution is -0.115. The largest absolute Gasteiger partial charge is 0.361 e. The molecule has 0 bridgehead atoms. The third-order valence-corrected chi connectivity index (χ3v) is 7.85. The normalized spacial score (nSPS) is 15.5. The molecule has 0 unspecified atom stereocenters. The zero-order chi connectivity index (χ0) is 21.1. The highest BCUT2D eigenvalue weighted by molar-refractivity contribution is 7.89. The molecule has 1 heterocycles. The molecule has 1 aromatic heterocycles. The standard InChI is InChI=1S/C23H27N3O3S/c1-26(19-7-3-2-4-8-19)30(28,29)20-13-11-18(12-14-20)25-23(27)15-17-16-24-22-10-6-5-9-21(17)22/h5-6,9-14,16,19,24H,2-4,7-8,15H2,1H3,(H,25,27). The van der Waals surface area contributed by atoms with E-state index in [1.807, 2.05) is 30.5 Å². The molecule has 1 fully saturated rings. The van der Waals surface area contributed by atoms with Gasteiger partial charge in [-0.25, -0.2) is 8.42 Å². The Hall–Kier alpha value is -2.64. The molecule has 3 aromatic rings. The van der Waals surface area contributed by atoms with Gasteiger partial charge in [0, 0.05) is 35.9 Å². The molecule has 1 amide bonds. The summed E-state index contributed by atoms with van der Waals surface area (Å²) in [5.74, 6) is -0.144. The molecule has 0 radical (unpaired) electrons. The van der Waals surface area contributed by atoms with Crippen LogP contribution in [-0.2, 0) is 21.2 Å². The molecule has 4 rings (SSSR count). The first-order chi connectivity index (χ1) is 14.4. The maximum absolute atomic E-state index is 12.9. The molecule has 2 aromatic carbocycles. The highest BCUT2D eigenvalue weighted by Gasteiger charge is 2.28. The van der Waals surface area contributed by atoms with Gasteiger partial charge in [0.15, 0.2) is 0 Å². The molecule has 0 atom stereocenters. The van der Waals surface area contributed by atoms with E-state index in [9.17, 15) is 13.2 Å². The first-order valence-corrected chi connectivity index (χ1v) is 11.8. The van der Waals surface area contributed by atoms with Gasteiger partial charge in [0.05, 0.1) is 11.3 Å². The zero-order valence-electron chi connectivity index (χ0n) is 17.1. The fourth-order valence-electron chi connectivity index (χ4n) is 4.17. The molecule has 2 N–H and O–H groups in total. The second-order valence-corrected chi connectivity index (χ2v) is 9.92. The van der Waals surface area contributed by atoms with Crippen LogP contribution < -0.4 is 5.32 Å². The Balaban J connectivity index is 1.42. The molecule has 0 spiro atoms. The van der Waals surface area contributed by atoms with Crippen LogP contribution in [0.3, 0.4) is 0 Å². The maximum atomic E-state index is 12.9. The van der Waals surface area contributed by atoms with E-state index in [4.69, 9.17) is 0 Å². The van der Waals surface area contributed by atoms with Gasteiger partial charge in [-0.2, -0.15) is 4.31 Å². The smallest absolute Gasteiger partial charge is 0.243 e. The summed E-state index contributed by atoms with van der Waals surface area (Å²) in [6, 6.07) is 14.3. The predicted molar refractivity (Wildman–Crippen MR) is 119 cm³/mol. The van der Waals surface area contributed by atoms with Gasteiger partial charge in [-0.05, 0) is 48.7 Å². The molecule has 30 heavy (non-hydrogen) atoms. The van der Waals surface area contributed by atoms with Gasteiger partial charge in [-0.3, -0.25) is 4.79 Å². The number of benzene rings is 2. The summed E-state index contributed by atoms with van der Waals surface area (Å²) in [6.45, 7) is 0. The predicted octanol–water partition coefficient (Wildman–Crippen LogP) is 4.30. The number of hydrogen-bond donors (Lipinski definition) is 2. The Bertz CT molecular complexity index is 1130. The van der Waals surface area contributed by atoms with Crippen LogP contribution in [-0.4, -0.2) is 36.7 Å². The van der Waals surface area contributed by atoms with Crippen molar-refractivity contribution >= 4 is 32.5 Å². The summed E-state index contributed by atoms with van der Waals surface area (Å²) in [5, 5.41) is 3.88. The molecule has 1 aliphatic carbocycles. The fourth-order valence-corrected chi connectivity index (χ4v) is 5.59. The first kappa shape index (κ1) is 20.6. The van der Waals surface area contributed by atoms with Crippen molar-refractivity contribution < 1.29 is 13.2 Å². The van der Waals surface area contributed by atoms with Crippen LogP contribution in [0.2, 0.25) is 0 Å². The molecular weight excluding hydrogens is 398 g/mol. The number of nitrogens with zero attached hydrogens (tertiary/aromatic N) is 1. The Labute approximate surface area is 177 Å². The Morgan fingerprint density at radius 1 is 1.07 bits per heavy atom. The number of anilines is 1. The number of aromatic amines is 1. The number of amides is 1. The van der Waals surface area contributed by atoms with E-state index in [0.717, 1.165) is 42.1 Å². The fraction of sp³-hybridized carbons (Fsp3) is 0.348. The van der Waals surface area contributed by atoms with Gasteiger partial charge < -0.3 is 10.3 Å². The van der Waals surface area contributed by atoms with Crippen molar-refractivity contribution in [1.82, 2.24) is 9.29 Å². The number of fused-ring (bicyclic) bond motifs is 1. The summed E-state index contributed by atoms with van der Waals surface area (Å²) in [4.78, 5) is 15.9. The summed E-state index contributed by atoms with van der Waals surface area (Å²) in [6.07, 6.45) is 7.25. The van der Waals surface area contributed by atoms with E-state index in [2.05, 4.69) is 10.3 Å². The van der Waals surface area contributed by atoms with Crippen molar-refractivity contribution in [3.63, 3.8) is 0 Å². The van der Waals surface area contributed by atoms with E-state index >= 15 is 0 Å². The lowest BCUT2D eigenvalue weighted by Crippen LogP contribution is -2.38. The van der Waals surface area contributed by atoms with Crippen molar-refractivity contribution in [1.29, 1.82) is 0 Å². The van der Waals surface area contributed by atoms with Crippen molar-refractivity contribution in [2.24, 2.45) is 0 Å².